The zero-order chi connectivity index (χ0) is 17.6. The van der Waals surface area contributed by atoms with Crippen molar-refractivity contribution < 1.29 is 9.53 Å². The van der Waals surface area contributed by atoms with Gasteiger partial charge in [0.15, 0.2) is 0 Å². The van der Waals surface area contributed by atoms with Crippen molar-refractivity contribution in [2.75, 3.05) is 40.4 Å². The van der Waals surface area contributed by atoms with Crippen LogP contribution < -0.4 is 0 Å². The second-order valence-electron chi connectivity index (χ2n) is 6.72. The number of fused-ring (bicyclic) bond motifs is 1. The van der Waals surface area contributed by atoms with Crippen LogP contribution in [0.3, 0.4) is 0 Å². The quantitative estimate of drug-likeness (QED) is 0.767. The van der Waals surface area contributed by atoms with Crippen molar-refractivity contribution in [1.82, 2.24) is 19.4 Å². The van der Waals surface area contributed by atoms with Crippen molar-refractivity contribution >= 4 is 5.91 Å². The number of benzene rings is 1. The average molecular weight is 342 g/mol. The summed E-state index contributed by atoms with van der Waals surface area (Å²) in [5.74, 6) is -0.0115. The highest BCUT2D eigenvalue weighted by Gasteiger charge is 2.25. The molecule has 1 unspecified atom stereocenters. The fraction of sp³-hybridized carbons (Fsp3) is 0.474. The number of hydrogen-bond acceptors (Lipinski definition) is 4. The number of likely N-dealkylation sites (N-methyl/N-ethyl adjacent to an activating group) is 1. The van der Waals surface area contributed by atoms with Gasteiger partial charge in [0.25, 0.3) is 0 Å². The summed E-state index contributed by atoms with van der Waals surface area (Å²) < 4.78 is 7.85. The molecule has 0 fully saturated rings. The highest BCUT2D eigenvalue weighted by atomic mass is 16.5. The highest BCUT2D eigenvalue weighted by molar-refractivity contribution is 5.76. The molecule has 1 aromatic heterocycles. The minimum Gasteiger partial charge on any atom is -0.369 e. The third-order valence-electron chi connectivity index (χ3n) is 4.59. The summed E-state index contributed by atoms with van der Waals surface area (Å²) in [5.41, 5.74) is 2.55. The number of carbonyl (C=O) groups excluding carboxylic acids is 1. The zero-order valence-corrected chi connectivity index (χ0v) is 15.0. The molecule has 25 heavy (non-hydrogen) atoms. The van der Waals surface area contributed by atoms with Crippen molar-refractivity contribution in [2.45, 2.75) is 19.0 Å². The number of imidazole rings is 1. The molecule has 0 radical (unpaired) electrons. The van der Waals surface area contributed by atoms with Gasteiger partial charge >= 0.3 is 0 Å². The maximum atomic E-state index is 11.7. The zero-order valence-electron chi connectivity index (χ0n) is 15.0. The van der Waals surface area contributed by atoms with Crippen molar-refractivity contribution in [3.8, 4) is 0 Å². The Bertz CT molecular complexity index is 684. The minimum atomic E-state index is -0.0115. The summed E-state index contributed by atoms with van der Waals surface area (Å²) in [7, 11) is 3.48. The van der Waals surface area contributed by atoms with Gasteiger partial charge in [-0.25, -0.2) is 4.98 Å². The lowest BCUT2D eigenvalue weighted by Gasteiger charge is -2.34. The SMILES string of the molecule is CN(C)C(=O)COCC1CN(CCc2ccccc2)Cc2cncn21. The molecular formula is C19H26N4O2. The molecule has 1 aliphatic heterocycles. The molecule has 0 saturated carbocycles. The Morgan fingerprint density at radius 3 is 2.88 bits per heavy atom. The van der Waals surface area contributed by atoms with Gasteiger partial charge in [-0.15, -0.1) is 0 Å². The van der Waals surface area contributed by atoms with E-state index in [4.69, 9.17) is 4.74 Å². The van der Waals surface area contributed by atoms with Gasteiger partial charge in [0.05, 0.1) is 24.7 Å². The van der Waals surface area contributed by atoms with Crippen LogP contribution >= 0.6 is 0 Å². The second kappa shape index (κ2) is 8.27. The van der Waals surface area contributed by atoms with Crippen molar-refractivity contribution in [3.63, 3.8) is 0 Å². The number of aromatic nitrogens is 2. The van der Waals surface area contributed by atoms with Crippen LogP contribution in [-0.4, -0.2) is 65.7 Å². The van der Waals surface area contributed by atoms with Crippen LogP contribution in [0.2, 0.25) is 0 Å². The molecule has 1 atom stereocenters. The van der Waals surface area contributed by atoms with Gasteiger partial charge < -0.3 is 14.2 Å². The molecule has 2 aromatic rings. The van der Waals surface area contributed by atoms with Gasteiger partial charge in [-0.1, -0.05) is 30.3 Å². The topological polar surface area (TPSA) is 50.6 Å². The number of rotatable bonds is 7. The number of hydrogen-bond donors (Lipinski definition) is 0. The summed E-state index contributed by atoms with van der Waals surface area (Å²) in [6, 6.07) is 10.7. The summed E-state index contributed by atoms with van der Waals surface area (Å²) in [4.78, 5) is 19.9. The van der Waals surface area contributed by atoms with Gasteiger partial charge in [-0.05, 0) is 12.0 Å². The predicted molar refractivity (Wildman–Crippen MR) is 96.2 cm³/mol. The van der Waals surface area contributed by atoms with Crippen molar-refractivity contribution in [1.29, 1.82) is 0 Å². The summed E-state index contributed by atoms with van der Waals surface area (Å²) in [6.07, 6.45) is 4.82. The van der Waals surface area contributed by atoms with E-state index in [0.29, 0.717) is 6.61 Å². The molecule has 0 N–H and O–H groups in total. The maximum absolute atomic E-state index is 11.7. The molecule has 1 aliphatic rings. The Morgan fingerprint density at radius 2 is 2.12 bits per heavy atom. The van der Waals surface area contributed by atoms with E-state index in [2.05, 4.69) is 38.7 Å². The van der Waals surface area contributed by atoms with Crippen LogP contribution in [0.15, 0.2) is 42.9 Å². The molecule has 0 saturated heterocycles. The number of carbonyl (C=O) groups is 1. The average Bonchev–Trinajstić information content (AvgIpc) is 3.09. The number of nitrogens with zero attached hydrogens (tertiary/aromatic N) is 4. The van der Waals surface area contributed by atoms with Crippen LogP contribution in [0.25, 0.3) is 0 Å². The van der Waals surface area contributed by atoms with Gasteiger partial charge in [-0.2, -0.15) is 0 Å². The minimum absolute atomic E-state index is 0.0115. The Labute approximate surface area is 149 Å². The molecule has 6 nitrogen and oxygen atoms in total. The van der Waals surface area contributed by atoms with E-state index in [-0.39, 0.29) is 18.6 Å². The molecule has 134 valence electrons. The third kappa shape index (κ3) is 4.67. The second-order valence-corrected chi connectivity index (χ2v) is 6.72. The van der Waals surface area contributed by atoms with Crippen LogP contribution in [0.1, 0.15) is 17.3 Å². The fourth-order valence-electron chi connectivity index (χ4n) is 3.11. The lowest BCUT2D eigenvalue weighted by atomic mass is 10.1. The molecule has 0 aliphatic carbocycles. The molecule has 1 amide bonds. The summed E-state index contributed by atoms with van der Waals surface area (Å²) in [6.45, 7) is 3.46. The number of ether oxygens (including phenoxy) is 1. The van der Waals surface area contributed by atoms with E-state index in [9.17, 15) is 4.79 Å². The molecule has 0 bridgehead atoms. The van der Waals surface area contributed by atoms with E-state index in [1.54, 1.807) is 19.0 Å². The van der Waals surface area contributed by atoms with Gasteiger partial charge in [-0.3, -0.25) is 9.69 Å². The molecule has 6 heteroatoms. The van der Waals surface area contributed by atoms with Crippen LogP contribution in [0, 0.1) is 0 Å². The number of amides is 1. The Kier molecular flexibility index (Phi) is 5.83. The first kappa shape index (κ1) is 17.6. The first-order chi connectivity index (χ1) is 12.1. The normalized spacial score (nSPS) is 17.3. The summed E-state index contributed by atoms with van der Waals surface area (Å²) >= 11 is 0. The van der Waals surface area contributed by atoms with E-state index in [0.717, 1.165) is 26.1 Å². The predicted octanol–water partition coefficient (Wildman–Crippen LogP) is 1.59. The summed E-state index contributed by atoms with van der Waals surface area (Å²) in [5, 5.41) is 0. The molecule has 3 rings (SSSR count). The maximum Gasteiger partial charge on any atom is 0.248 e. The van der Waals surface area contributed by atoms with Crippen molar-refractivity contribution in [3.05, 3.63) is 54.1 Å². The monoisotopic (exact) mass is 342 g/mol. The van der Waals surface area contributed by atoms with Crippen molar-refractivity contribution in [2.24, 2.45) is 0 Å². The first-order valence-corrected chi connectivity index (χ1v) is 8.68. The van der Waals surface area contributed by atoms with Gasteiger partial charge in [0, 0.05) is 39.9 Å². The Balaban J connectivity index is 1.56. The Hall–Kier alpha value is -2.18. The van der Waals surface area contributed by atoms with Gasteiger partial charge in [0.2, 0.25) is 5.91 Å². The largest absolute Gasteiger partial charge is 0.369 e. The highest BCUT2D eigenvalue weighted by Crippen LogP contribution is 2.21. The molecular weight excluding hydrogens is 316 g/mol. The van der Waals surface area contributed by atoms with E-state index < -0.39 is 0 Å². The van der Waals surface area contributed by atoms with E-state index in [1.807, 2.05) is 18.6 Å². The lowest BCUT2D eigenvalue weighted by Crippen LogP contribution is -2.40. The molecule has 2 heterocycles. The Morgan fingerprint density at radius 1 is 1.32 bits per heavy atom. The smallest absolute Gasteiger partial charge is 0.248 e. The van der Waals surface area contributed by atoms with Crippen LogP contribution in [0.4, 0.5) is 0 Å². The van der Waals surface area contributed by atoms with Gasteiger partial charge in [0.1, 0.15) is 6.61 Å². The van der Waals surface area contributed by atoms with E-state index >= 15 is 0 Å². The van der Waals surface area contributed by atoms with Crippen LogP contribution in [-0.2, 0) is 22.5 Å². The molecule has 1 aromatic carbocycles. The van der Waals surface area contributed by atoms with E-state index in [1.165, 1.54) is 11.3 Å². The third-order valence-corrected chi connectivity index (χ3v) is 4.59. The lowest BCUT2D eigenvalue weighted by molar-refractivity contribution is -0.134. The van der Waals surface area contributed by atoms with Crippen LogP contribution in [0.5, 0.6) is 0 Å². The first-order valence-electron chi connectivity index (χ1n) is 8.68. The molecule has 0 spiro atoms. The fourth-order valence-corrected chi connectivity index (χ4v) is 3.11. The standard InChI is InChI=1S/C19H26N4O2/c1-21(2)19(24)14-25-13-18-12-22(11-17-10-20-15-23(17)18)9-8-16-6-4-3-5-7-16/h3-7,10,15,18H,8-9,11-14H2,1-2H3.